The third-order valence-electron chi connectivity index (χ3n) is 3.67. The van der Waals surface area contributed by atoms with Crippen LogP contribution >= 0.6 is 0 Å². The Labute approximate surface area is 102 Å². The van der Waals surface area contributed by atoms with Gasteiger partial charge in [0, 0.05) is 11.6 Å². The first kappa shape index (κ1) is 12.1. The Kier molecular flexibility index (Phi) is 3.79. The summed E-state index contributed by atoms with van der Waals surface area (Å²) in [7, 11) is 0. The highest BCUT2D eigenvalue weighted by Gasteiger charge is 2.27. The van der Waals surface area contributed by atoms with E-state index in [-0.39, 0.29) is 11.9 Å². The number of hydrogen-bond donors (Lipinski definition) is 2. The third kappa shape index (κ3) is 2.67. The molecule has 1 aromatic carbocycles. The minimum atomic E-state index is 0.0356. The summed E-state index contributed by atoms with van der Waals surface area (Å²) in [5, 5.41) is 3.12. The largest absolute Gasteiger partial charge is 0.349 e. The number of carbonyl (C=O) groups excluding carboxylic acids is 1. The predicted molar refractivity (Wildman–Crippen MR) is 68.8 cm³/mol. The maximum atomic E-state index is 12.1. The quantitative estimate of drug-likeness (QED) is 0.835. The van der Waals surface area contributed by atoms with Crippen molar-refractivity contribution in [1.82, 2.24) is 5.32 Å². The van der Waals surface area contributed by atoms with Crippen molar-refractivity contribution >= 4 is 5.91 Å². The molecule has 1 saturated carbocycles. The number of benzene rings is 1. The molecule has 1 aliphatic carbocycles. The van der Waals surface area contributed by atoms with Gasteiger partial charge in [-0.05, 0) is 43.9 Å². The number of hydrogen-bond acceptors (Lipinski definition) is 2. The van der Waals surface area contributed by atoms with Crippen LogP contribution in [0.3, 0.4) is 0 Å². The molecule has 3 N–H and O–H groups in total. The Morgan fingerprint density at radius 2 is 2.18 bits per heavy atom. The second kappa shape index (κ2) is 5.32. The van der Waals surface area contributed by atoms with Crippen LogP contribution in [0.15, 0.2) is 24.3 Å². The number of rotatable bonds is 3. The molecule has 2 atom stereocenters. The van der Waals surface area contributed by atoms with Gasteiger partial charge in [-0.1, -0.05) is 24.6 Å². The lowest BCUT2D eigenvalue weighted by Crippen LogP contribution is -2.40. The SMILES string of the molecule is Cc1ccccc1C(=O)NC1CCCC1CN. The first-order chi connectivity index (χ1) is 8.22. The molecule has 0 saturated heterocycles. The summed E-state index contributed by atoms with van der Waals surface area (Å²) in [6.07, 6.45) is 3.36. The van der Waals surface area contributed by atoms with E-state index in [2.05, 4.69) is 5.32 Å². The molecule has 1 fully saturated rings. The molecule has 17 heavy (non-hydrogen) atoms. The van der Waals surface area contributed by atoms with Crippen molar-refractivity contribution in [1.29, 1.82) is 0 Å². The van der Waals surface area contributed by atoms with Gasteiger partial charge >= 0.3 is 0 Å². The van der Waals surface area contributed by atoms with Gasteiger partial charge < -0.3 is 11.1 Å². The molecule has 0 heterocycles. The highest BCUT2D eigenvalue weighted by atomic mass is 16.1. The number of carbonyl (C=O) groups is 1. The van der Waals surface area contributed by atoms with E-state index < -0.39 is 0 Å². The molecule has 0 bridgehead atoms. The average molecular weight is 232 g/mol. The van der Waals surface area contributed by atoms with Gasteiger partial charge in [0.1, 0.15) is 0 Å². The topological polar surface area (TPSA) is 55.1 Å². The molecule has 0 spiro atoms. The summed E-state index contributed by atoms with van der Waals surface area (Å²) in [6, 6.07) is 7.94. The van der Waals surface area contributed by atoms with E-state index in [1.54, 1.807) is 0 Å². The molecule has 1 amide bonds. The Morgan fingerprint density at radius 3 is 2.88 bits per heavy atom. The van der Waals surface area contributed by atoms with Crippen molar-refractivity contribution in [2.75, 3.05) is 6.54 Å². The fraction of sp³-hybridized carbons (Fsp3) is 0.500. The minimum Gasteiger partial charge on any atom is -0.349 e. The number of aryl methyl sites for hydroxylation is 1. The highest BCUT2D eigenvalue weighted by Crippen LogP contribution is 2.25. The Balaban J connectivity index is 2.04. The highest BCUT2D eigenvalue weighted by molar-refractivity contribution is 5.95. The van der Waals surface area contributed by atoms with Crippen molar-refractivity contribution < 1.29 is 4.79 Å². The molecule has 1 aromatic rings. The van der Waals surface area contributed by atoms with E-state index in [0.717, 1.165) is 24.0 Å². The van der Waals surface area contributed by atoms with E-state index in [0.29, 0.717) is 12.5 Å². The zero-order chi connectivity index (χ0) is 12.3. The number of nitrogens with two attached hydrogens (primary N) is 1. The summed E-state index contributed by atoms with van der Waals surface area (Å²) in [5.74, 6) is 0.483. The number of nitrogens with one attached hydrogen (secondary N) is 1. The first-order valence-corrected chi connectivity index (χ1v) is 6.29. The van der Waals surface area contributed by atoms with Gasteiger partial charge in [-0.25, -0.2) is 0 Å². The van der Waals surface area contributed by atoms with Crippen molar-refractivity contribution in [3.8, 4) is 0 Å². The molecule has 0 aromatic heterocycles. The standard InChI is InChI=1S/C14H20N2O/c1-10-5-2-3-7-12(10)14(17)16-13-8-4-6-11(13)9-15/h2-3,5,7,11,13H,4,6,8-9,15H2,1H3,(H,16,17). The second-order valence-electron chi connectivity index (χ2n) is 4.82. The van der Waals surface area contributed by atoms with Crippen LogP contribution in [0, 0.1) is 12.8 Å². The van der Waals surface area contributed by atoms with Crippen LogP contribution < -0.4 is 11.1 Å². The van der Waals surface area contributed by atoms with E-state index >= 15 is 0 Å². The Hall–Kier alpha value is -1.35. The van der Waals surface area contributed by atoms with Crippen LogP contribution in [0.5, 0.6) is 0 Å². The summed E-state index contributed by atoms with van der Waals surface area (Å²) in [5.41, 5.74) is 7.51. The van der Waals surface area contributed by atoms with Gasteiger partial charge in [0.05, 0.1) is 0 Å². The molecule has 2 rings (SSSR count). The Bertz CT molecular complexity index is 403. The van der Waals surface area contributed by atoms with Gasteiger partial charge in [0.25, 0.3) is 5.91 Å². The lowest BCUT2D eigenvalue weighted by Gasteiger charge is -2.20. The summed E-state index contributed by atoms with van der Waals surface area (Å²) >= 11 is 0. The minimum absolute atomic E-state index is 0.0356. The molecule has 0 aliphatic heterocycles. The van der Waals surface area contributed by atoms with Crippen molar-refractivity contribution in [3.05, 3.63) is 35.4 Å². The lowest BCUT2D eigenvalue weighted by atomic mass is 10.0. The monoisotopic (exact) mass is 232 g/mol. The van der Waals surface area contributed by atoms with Crippen LogP contribution in [-0.4, -0.2) is 18.5 Å². The summed E-state index contributed by atoms with van der Waals surface area (Å²) < 4.78 is 0. The predicted octanol–water partition coefficient (Wildman–Crippen LogP) is 1.85. The van der Waals surface area contributed by atoms with Crippen molar-refractivity contribution in [2.24, 2.45) is 11.7 Å². The van der Waals surface area contributed by atoms with Crippen LogP contribution in [0.1, 0.15) is 35.2 Å². The van der Waals surface area contributed by atoms with Gasteiger partial charge in [-0.2, -0.15) is 0 Å². The van der Waals surface area contributed by atoms with Crippen LogP contribution in [0.25, 0.3) is 0 Å². The summed E-state index contributed by atoms with van der Waals surface area (Å²) in [6.45, 7) is 2.63. The molecular formula is C14H20N2O. The number of amides is 1. The first-order valence-electron chi connectivity index (χ1n) is 6.29. The summed E-state index contributed by atoms with van der Waals surface area (Å²) in [4.78, 5) is 12.1. The fourth-order valence-corrected chi connectivity index (χ4v) is 2.58. The average Bonchev–Trinajstić information content (AvgIpc) is 2.76. The zero-order valence-corrected chi connectivity index (χ0v) is 10.3. The maximum Gasteiger partial charge on any atom is 0.251 e. The van der Waals surface area contributed by atoms with E-state index in [1.165, 1.54) is 6.42 Å². The van der Waals surface area contributed by atoms with E-state index in [9.17, 15) is 4.79 Å². The van der Waals surface area contributed by atoms with Crippen molar-refractivity contribution in [3.63, 3.8) is 0 Å². The van der Waals surface area contributed by atoms with Crippen LogP contribution in [0.2, 0.25) is 0 Å². The van der Waals surface area contributed by atoms with Gasteiger partial charge in [-0.15, -0.1) is 0 Å². The molecule has 1 aliphatic rings. The third-order valence-corrected chi connectivity index (χ3v) is 3.67. The van der Waals surface area contributed by atoms with E-state index in [4.69, 9.17) is 5.73 Å². The molecule has 3 heteroatoms. The molecular weight excluding hydrogens is 212 g/mol. The van der Waals surface area contributed by atoms with Gasteiger partial charge in [0.15, 0.2) is 0 Å². The van der Waals surface area contributed by atoms with Gasteiger partial charge in [-0.3, -0.25) is 4.79 Å². The lowest BCUT2D eigenvalue weighted by molar-refractivity contribution is 0.0928. The van der Waals surface area contributed by atoms with E-state index in [1.807, 2.05) is 31.2 Å². The maximum absolute atomic E-state index is 12.1. The Morgan fingerprint density at radius 1 is 1.41 bits per heavy atom. The van der Waals surface area contributed by atoms with Gasteiger partial charge in [0.2, 0.25) is 0 Å². The van der Waals surface area contributed by atoms with Crippen LogP contribution in [-0.2, 0) is 0 Å². The zero-order valence-electron chi connectivity index (χ0n) is 10.3. The second-order valence-corrected chi connectivity index (χ2v) is 4.82. The van der Waals surface area contributed by atoms with Crippen LogP contribution in [0.4, 0.5) is 0 Å². The van der Waals surface area contributed by atoms with Crippen molar-refractivity contribution in [2.45, 2.75) is 32.2 Å². The molecule has 3 nitrogen and oxygen atoms in total. The normalized spacial score (nSPS) is 23.6. The molecule has 2 unspecified atom stereocenters. The molecule has 0 radical (unpaired) electrons. The fourth-order valence-electron chi connectivity index (χ4n) is 2.58. The molecule has 92 valence electrons. The smallest absolute Gasteiger partial charge is 0.251 e.